The smallest absolute Gasteiger partial charge is 0.160 e. The molecule has 0 atom stereocenters. The summed E-state index contributed by atoms with van der Waals surface area (Å²) < 4.78 is 2.30. The van der Waals surface area contributed by atoms with Gasteiger partial charge in [-0.1, -0.05) is 188 Å². The molecule has 11 aromatic rings. The molecule has 0 spiro atoms. The lowest BCUT2D eigenvalue weighted by Crippen LogP contribution is -1.99. The molecular weight excluding hydrogens is 739 g/mol. The number of hydrogen-bond acceptors (Lipinski definition) is 2. The van der Waals surface area contributed by atoms with E-state index >= 15 is 0 Å². The molecule has 3 heteroatoms. The zero-order chi connectivity index (χ0) is 40.5. The van der Waals surface area contributed by atoms with E-state index in [0.29, 0.717) is 5.82 Å². The molecule has 0 fully saturated rings. The van der Waals surface area contributed by atoms with Gasteiger partial charge in [-0.2, -0.15) is 0 Å². The van der Waals surface area contributed by atoms with Gasteiger partial charge in [0.25, 0.3) is 0 Å². The molecule has 0 N–H and O–H groups in total. The quantitative estimate of drug-likeness (QED) is 0.154. The molecule has 2 heterocycles. The highest BCUT2D eigenvalue weighted by molar-refractivity contribution is 6.11. The number of para-hydroxylation sites is 2. The third-order valence-corrected chi connectivity index (χ3v) is 11.6. The van der Waals surface area contributed by atoms with Crippen molar-refractivity contribution >= 4 is 21.9 Å². The molecule has 0 bridgehead atoms. The maximum atomic E-state index is 5.37. The van der Waals surface area contributed by atoms with E-state index in [1.165, 1.54) is 38.9 Å². The van der Waals surface area contributed by atoms with Crippen molar-refractivity contribution in [2.24, 2.45) is 0 Å². The molecule has 11 rings (SSSR count). The lowest BCUT2D eigenvalue weighted by Gasteiger charge is -2.13. The number of aromatic nitrogens is 3. The van der Waals surface area contributed by atoms with Gasteiger partial charge in [0.2, 0.25) is 0 Å². The molecule has 0 radical (unpaired) electrons. The minimum atomic E-state index is 0.697. The van der Waals surface area contributed by atoms with E-state index in [2.05, 4.69) is 235 Å². The van der Waals surface area contributed by atoms with Crippen LogP contribution < -0.4 is 0 Å². The Morgan fingerprint density at radius 2 is 0.672 bits per heavy atom. The van der Waals surface area contributed by atoms with E-state index < -0.39 is 0 Å². The summed E-state index contributed by atoms with van der Waals surface area (Å²) in [7, 11) is 0. The average molecular weight is 778 g/mol. The third kappa shape index (κ3) is 6.88. The van der Waals surface area contributed by atoms with Crippen LogP contribution in [0.3, 0.4) is 0 Å². The van der Waals surface area contributed by atoms with Crippen molar-refractivity contribution in [2.45, 2.75) is 0 Å². The van der Waals surface area contributed by atoms with Gasteiger partial charge in [0.05, 0.1) is 16.7 Å². The molecular formula is C58H39N3. The van der Waals surface area contributed by atoms with Crippen molar-refractivity contribution < 1.29 is 0 Å². The summed E-state index contributed by atoms with van der Waals surface area (Å²) >= 11 is 0. The number of benzene rings is 9. The van der Waals surface area contributed by atoms with Crippen molar-refractivity contribution in [2.75, 3.05) is 0 Å². The Hall–Kier alpha value is -8.14. The second-order valence-corrected chi connectivity index (χ2v) is 15.4. The van der Waals surface area contributed by atoms with E-state index in [1.54, 1.807) is 0 Å². The van der Waals surface area contributed by atoms with Gasteiger partial charge in [0.15, 0.2) is 5.82 Å². The van der Waals surface area contributed by atoms with Crippen LogP contribution in [0, 0.1) is 0 Å². The number of nitrogens with zero attached hydrogens (tertiary/aromatic N) is 3. The van der Waals surface area contributed by atoms with Crippen molar-refractivity contribution in [1.29, 1.82) is 0 Å². The van der Waals surface area contributed by atoms with E-state index in [9.17, 15) is 0 Å². The molecule has 0 saturated carbocycles. The zero-order valence-electron chi connectivity index (χ0n) is 33.4. The first-order chi connectivity index (χ1) is 30.2. The minimum Gasteiger partial charge on any atom is -0.306 e. The van der Waals surface area contributed by atoms with Crippen LogP contribution in [0.1, 0.15) is 0 Å². The average Bonchev–Trinajstić information content (AvgIpc) is 3.69. The fourth-order valence-electron chi connectivity index (χ4n) is 8.58. The van der Waals surface area contributed by atoms with Crippen molar-refractivity contribution in [1.82, 2.24) is 14.5 Å². The molecule has 0 aliphatic rings. The van der Waals surface area contributed by atoms with Gasteiger partial charge in [-0.05, 0) is 104 Å². The molecule has 61 heavy (non-hydrogen) atoms. The second kappa shape index (κ2) is 15.6. The second-order valence-electron chi connectivity index (χ2n) is 15.4. The van der Waals surface area contributed by atoms with E-state index in [4.69, 9.17) is 9.97 Å². The Bertz CT molecular complexity index is 3260. The molecule has 0 aliphatic heterocycles. The number of fused-ring (bicyclic) bond motifs is 3. The van der Waals surface area contributed by atoms with Crippen LogP contribution in [0.25, 0.3) is 106 Å². The molecule has 0 saturated heterocycles. The van der Waals surface area contributed by atoms with E-state index in [-0.39, 0.29) is 0 Å². The van der Waals surface area contributed by atoms with E-state index in [1.807, 2.05) is 6.07 Å². The van der Waals surface area contributed by atoms with Gasteiger partial charge in [-0.3, -0.25) is 0 Å². The van der Waals surface area contributed by atoms with Gasteiger partial charge >= 0.3 is 0 Å². The molecule has 9 aromatic carbocycles. The Labute approximate surface area is 355 Å². The van der Waals surface area contributed by atoms with Crippen molar-refractivity contribution in [3.63, 3.8) is 0 Å². The molecule has 286 valence electrons. The highest BCUT2D eigenvalue weighted by Crippen LogP contribution is 2.39. The summed E-state index contributed by atoms with van der Waals surface area (Å²) in [4.78, 5) is 10.7. The summed E-state index contributed by atoms with van der Waals surface area (Å²) in [5, 5.41) is 1.09. The van der Waals surface area contributed by atoms with Crippen LogP contribution in [-0.2, 0) is 0 Å². The first-order valence-corrected chi connectivity index (χ1v) is 20.7. The first-order valence-electron chi connectivity index (χ1n) is 20.7. The molecule has 0 unspecified atom stereocenters. The van der Waals surface area contributed by atoms with Gasteiger partial charge < -0.3 is 4.57 Å². The van der Waals surface area contributed by atoms with Crippen LogP contribution in [0.5, 0.6) is 0 Å². The van der Waals surface area contributed by atoms with Crippen LogP contribution >= 0.6 is 0 Å². The van der Waals surface area contributed by atoms with Gasteiger partial charge in [-0.15, -0.1) is 0 Å². The summed E-state index contributed by atoms with van der Waals surface area (Å²) in [5.74, 6) is 0.697. The van der Waals surface area contributed by atoms with Crippen LogP contribution in [0.15, 0.2) is 237 Å². The Balaban J connectivity index is 0.963. The third-order valence-electron chi connectivity index (χ3n) is 11.6. The Morgan fingerprint density at radius 3 is 1.25 bits per heavy atom. The Morgan fingerprint density at radius 1 is 0.279 bits per heavy atom. The lowest BCUT2D eigenvalue weighted by molar-refractivity contribution is 1.15. The van der Waals surface area contributed by atoms with E-state index in [0.717, 1.165) is 61.1 Å². The number of hydrogen-bond donors (Lipinski definition) is 0. The minimum absolute atomic E-state index is 0.697. The molecule has 0 aliphatic carbocycles. The zero-order valence-corrected chi connectivity index (χ0v) is 33.4. The molecule has 3 nitrogen and oxygen atoms in total. The molecule has 2 aromatic heterocycles. The molecule has 0 amide bonds. The highest BCUT2D eigenvalue weighted by Gasteiger charge is 2.21. The van der Waals surface area contributed by atoms with Crippen molar-refractivity contribution in [3.8, 4) is 84.0 Å². The lowest BCUT2D eigenvalue weighted by atomic mass is 9.92. The van der Waals surface area contributed by atoms with Gasteiger partial charge in [0.1, 0.15) is 5.52 Å². The summed E-state index contributed by atoms with van der Waals surface area (Å²) in [6.07, 6.45) is 0. The van der Waals surface area contributed by atoms with Gasteiger partial charge in [0, 0.05) is 22.2 Å². The van der Waals surface area contributed by atoms with Crippen LogP contribution in [0.2, 0.25) is 0 Å². The fourth-order valence-corrected chi connectivity index (χ4v) is 8.58. The Kier molecular flexibility index (Phi) is 9.18. The highest BCUT2D eigenvalue weighted by atomic mass is 15.0. The van der Waals surface area contributed by atoms with Gasteiger partial charge in [-0.25, -0.2) is 9.97 Å². The van der Waals surface area contributed by atoms with Crippen molar-refractivity contribution in [3.05, 3.63) is 237 Å². The fraction of sp³-hybridized carbons (Fsp3) is 0. The predicted molar refractivity (Wildman–Crippen MR) is 254 cm³/mol. The van der Waals surface area contributed by atoms with Crippen LogP contribution in [0.4, 0.5) is 0 Å². The maximum absolute atomic E-state index is 5.37. The summed E-state index contributed by atoms with van der Waals surface area (Å²) in [6, 6.07) is 84.1. The standard InChI is InChI=1S/C58H39N3/c1-5-17-40(18-6-1)49-37-50(41-19-7-2-8-20-41)39-51(38-49)43-33-31-42(32-34-43)45-23-15-24-46(35-45)47-25-16-26-48(36-47)58-59-55(44-21-9-3-10-22-44)57-56(60-58)53-29-13-14-30-54(53)61(57)52-27-11-4-12-28-52/h1-39H. The summed E-state index contributed by atoms with van der Waals surface area (Å²) in [5.41, 5.74) is 18.8. The monoisotopic (exact) mass is 777 g/mol. The SMILES string of the molecule is c1ccc(-c2cc(-c3ccccc3)cc(-c3ccc(-c4cccc(-c5cccc(-c6nc(-c7ccccc7)c7c(n6)c6ccccc6n7-c6ccccc6)c5)c4)cc3)c2)cc1. The normalized spacial score (nSPS) is 11.3. The topological polar surface area (TPSA) is 30.7 Å². The summed E-state index contributed by atoms with van der Waals surface area (Å²) in [6.45, 7) is 0. The van der Waals surface area contributed by atoms with Crippen LogP contribution in [-0.4, -0.2) is 14.5 Å². The largest absolute Gasteiger partial charge is 0.306 e. The maximum Gasteiger partial charge on any atom is 0.160 e. The number of rotatable bonds is 8. The predicted octanol–water partition coefficient (Wildman–Crippen LogP) is 15.2. The first kappa shape index (κ1) is 36.0.